The van der Waals surface area contributed by atoms with E-state index in [1.54, 1.807) is 0 Å². The van der Waals surface area contributed by atoms with Gasteiger partial charge < -0.3 is 10.1 Å². The molecule has 0 aromatic carbocycles. The summed E-state index contributed by atoms with van der Waals surface area (Å²) in [6, 6.07) is -0.0431. The van der Waals surface area contributed by atoms with Crippen LogP contribution in [-0.4, -0.2) is 46.6 Å². The van der Waals surface area contributed by atoms with E-state index in [0.717, 1.165) is 12.8 Å². The third kappa shape index (κ3) is 4.31. The van der Waals surface area contributed by atoms with Crippen molar-refractivity contribution in [1.82, 2.24) is 10.4 Å². The Morgan fingerprint density at radius 1 is 1.25 bits per heavy atom. The summed E-state index contributed by atoms with van der Waals surface area (Å²) in [6.45, 7) is 2.41. The molecule has 8 heteroatoms. The molecule has 0 aromatic rings. The van der Waals surface area contributed by atoms with E-state index in [1.807, 2.05) is 6.92 Å². The van der Waals surface area contributed by atoms with Crippen LogP contribution in [0.15, 0.2) is 0 Å². The number of alkyl carbamates (subject to hydrolysis) is 1. The van der Waals surface area contributed by atoms with Crippen molar-refractivity contribution in [2.24, 2.45) is 11.8 Å². The molecule has 1 heterocycles. The number of ether oxygens (including phenoxy) is 1. The van der Waals surface area contributed by atoms with E-state index in [2.05, 4.69) is 5.32 Å². The molecule has 1 saturated heterocycles. The quantitative estimate of drug-likeness (QED) is 0.327. The van der Waals surface area contributed by atoms with Gasteiger partial charge in [0.15, 0.2) is 0 Å². The SMILES string of the molecule is CCCCOC(=O)N[C@H]1CC[C@@H](C(=O)C2CC(=O)N(O)C2=O)CC1. The Hall–Kier alpha value is -1.96. The summed E-state index contributed by atoms with van der Waals surface area (Å²) in [5.74, 6) is -3.22. The highest BCUT2D eigenvalue weighted by Crippen LogP contribution is 2.30. The van der Waals surface area contributed by atoms with Gasteiger partial charge in [0.2, 0.25) is 0 Å². The smallest absolute Gasteiger partial charge is 0.407 e. The summed E-state index contributed by atoms with van der Waals surface area (Å²) in [5, 5.41) is 12.1. The first-order valence-electron chi connectivity index (χ1n) is 8.46. The van der Waals surface area contributed by atoms with Crippen molar-refractivity contribution in [3.8, 4) is 0 Å². The van der Waals surface area contributed by atoms with Crippen LogP contribution in [0, 0.1) is 11.8 Å². The number of hydrogen-bond donors (Lipinski definition) is 2. The molecule has 0 spiro atoms. The normalized spacial score (nSPS) is 27.2. The average molecular weight is 340 g/mol. The molecule has 1 aliphatic heterocycles. The molecule has 2 N–H and O–H groups in total. The molecule has 134 valence electrons. The predicted octanol–water partition coefficient (Wildman–Crippen LogP) is 1.40. The first kappa shape index (κ1) is 18.4. The van der Waals surface area contributed by atoms with Crippen LogP contribution in [0.3, 0.4) is 0 Å². The number of Topliss-reactive ketones (excluding diaryl/α,β-unsaturated/α-hetero) is 1. The number of rotatable bonds is 6. The average Bonchev–Trinajstić information content (AvgIpc) is 2.83. The van der Waals surface area contributed by atoms with E-state index in [9.17, 15) is 24.4 Å². The number of carbonyl (C=O) groups excluding carboxylic acids is 4. The minimum atomic E-state index is -1.06. The molecule has 1 aliphatic carbocycles. The zero-order valence-corrected chi connectivity index (χ0v) is 13.8. The molecule has 0 radical (unpaired) electrons. The molecule has 2 aliphatic rings. The van der Waals surface area contributed by atoms with E-state index in [4.69, 9.17) is 4.74 Å². The summed E-state index contributed by atoms with van der Waals surface area (Å²) in [4.78, 5) is 47.0. The monoisotopic (exact) mass is 340 g/mol. The van der Waals surface area contributed by atoms with E-state index in [1.165, 1.54) is 0 Å². The van der Waals surface area contributed by atoms with Gasteiger partial charge in [-0.2, -0.15) is 5.06 Å². The maximum absolute atomic E-state index is 12.4. The second-order valence-corrected chi connectivity index (χ2v) is 6.39. The first-order valence-corrected chi connectivity index (χ1v) is 8.46. The number of nitrogens with zero attached hydrogens (tertiary/aromatic N) is 1. The second kappa shape index (κ2) is 8.23. The Morgan fingerprint density at radius 3 is 2.46 bits per heavy atom. The Kier molecular flexibility index (Phi) is 6.30. The number of hydrogen-bond acceptors (Lipinski definition) is 6. The van der Waals surface area contributed by atoms with Gasteiger partial charge >= 0.3 is 6.09 Å². The summed E-state index contributed by atoms with van der Waals surface area (Å²) >= 11 is 0. The molecule has 24 heavy (non-hydrogen) atoms. The minimum absolute atomic E-state index is 0.0431. The lowest BCUT2D eigenvalue weighted by Gasteiger charge is -2.28. The van der Waals surface area contributed by atoms with Crippen LogP contribution < -0.4 is 5.32 Å². The Balaban J connectivity index is 1.76. The number of nitrogens with one attached hydrogen (secondary N) is 1. The molecular weight excluding hydrogens is 316 g/mol. The second-order valence-electron chi connectivity index (χ2n) is 6.39. The summed E-state index contributed by atoms with van der Waals surface area (Å²) in [6.07, 6.45) is 3.42. The molecule has 8 nitrogen and oxygen atoms in total. The molecule has 0 aromatic heterocycles. The van der Waals surface area contributed by atoms with Crippen molar-refractivity contribution >= 4 is 23.7 Å². The van der Waals surface area contributed by atoms with Crippen molar-refractivity contribution in [1.29, 1.82) is 0 Å². The Labute approximate surface area is 140 Å². The molecular formula is C16H24N2O6. The van der Waals surface area contributed by atoms with E-state index in [0.29, 0.717) is 32.3 Å². The maximum Gasteiger partial charge on any atom is 0.407 e. The van der Waals surface area contributed by atoms with Crippen LogP contribution in [-0.2, 0) is 19.1 Å². The number of ketones is 1. The fourth-order valence-corrected chi connectivity index (χ4v) is 3.17. The summed E-state index contributed by atoms with van der Waals surface area (Å²) < 4.78 is 5.05. The van der Waals surface area contributed by atoms with E-state index in [-0.39, 0.29) is 29.2 Å². The number of amides is 3. The zero-order chi connectivity index (χ0) is 17.7. The topological polar surface area (TPSA) is 113 Å². The van der Waals surface area contributed by atoms with Crippen LogP contribution in [0.25, 0.3) is 0 Å². The van der Waals surface area contributed by atoms with Gasteiger partial charge in [-0.1, -0.05) is 13.3 Å². The van der Waals surface area contributed by atoms with Crippen LogP contribution in [0.1, 0.15) is 51.9 Å². The van der Waals surface area contributed by atoms with Gasteiger partial charge in [-0.25, -0.2) is 4.79 Å². The van der Waals surface area contributed by atoms with Gasteiger partial charge in [-0.3, -0.25) is 19.6 Å². The lowest BCUT2D eigenvalue weighted by atomic mass is 9.79. The number of hydroxylamine groups is 2. The third-order valence-electron chi connectivity index (χ3n) is 4.65. The van der Waals surface area contributed by atoms with Crippen molar-refractivity contribution in [3.63, 3.8) is 0 Å². The molecule has 1 unspecified atom stereocenters. The fraction of sp³-hybridized carbons (Fsp3) is 0.750. The highest BCUT2D eigenvalue weighted by molar-refractivity contribution is 6.13. The predicted molar refractivity (Wildman–Crippen MR) is 81.9 cm³/mol. The van der Waals surface area contributed by atoms with E-state index < -0.39 is 23.8 Å². The maximum atomic E-state index is 12.4. The van der Waals surface area contributed by atoms with Gasteiger partial charge in [-0.05, 0) is 32.1 Å². The number of imide groups is 1. The zero-order valence-electron chi connectivity index (χ0n) is 13.8. The van der Waals surface area contributed by atoms with Gasteiger partial charge in [-0.15, -0.1) is 0 Å². The van der Waals surface area contributed by atoms with Crippen LogP contribution in [0.5, 0.6) is 0 Å². The van der Waals surface area contributed by atoms with Crippen molar-refractivity contribution in [2.75, 3.05) is 6.61 Å². The third-order valence-corrected chi connectivity index (χ3v) is 4.65. The van der Waals surface area contributed by atoms with Crippen LogP contribution in [0.2, 0.25) is 0 Å². The molecule has 0 bridgehead atoms. The number of unbranched alkanes of at least 4 members (excludes halogenated alkanes) is 1. The van der Waals surface area contributed by atoms with Gasteiger partial charge in [0.05, 0.1) is 6.61 Å². The number of carbonyl (C=O) groups is 4. The standard InChI is InChI=1S/C16H24N2O6/c1-2-3-8-24-16(22)17-11-6-4-10(5-7-11)14(20)12-9-13(19)18(23)15(12)21/h10-12,23H,2-9H2,1H3,(H,17,22)/t10-,11+,12?. The first-order chi connectivity index (χ1) is 11.4. The summed E-state index contributed by atoms with van der Waals surface area (Å²) in [5.41, 5.74) is 0. The fourth-order valence-electron chi connectivity index (χ4n) is 3.17. The molecule has 2 rings (SSSR count). The van der Waals surface area contributed by atoms with Gasteiger partial charge in [0, 0.05) is 18.4 Å². The van der Waals surface area contributed by atoms with Gasteiger partial charge in [0.25, 0.3) is 11.8 Å². The van der Waals surface area contributed by atoms with Crippen molar-refractivity contribution in [3.05, 3.63) is 0 Å². The van der Waals surface area contributed by atoms with Crippen molar-refractivity contribution < 1.29 is 29.1 Å². The highest BCUT2D eigenvalue weighted by atomic mass is 16.5. The lowest BCUT2D eigenvalue weighted by molar-refractivity contribution is -0.172. The molecule has 2 fully saturated rings. The molecule has 1 saturated carbocycles. The highest BCUT2D eigenvalue weighted by Gasteiger charge is 2.45. The largest absolute Gasteiger partial charge is 0.450 e. The lowest BCUT2D eigenvalue weighted by Crippen LogP contribution is -2.40. The van der Waals surface area contributed by atoms with Crippen molar-refractivity contribution in [2.45, 2.75) is 57.9 Å². The van der Waals surface area contributed by atoms with Crippen LogP contribution >= 0.6 is 0 Å². The summed E-state index contributed by atoms with van der Waals surface area (Å²) in [7, 11) is 0. The van der Waals surface area contributed by atoms with Crippen LogP contribution in [0.4, 0.5) is 4.79 Å². The van der Waals surface area contributed by atoms with Gasteiger partial charge in [0.1, 0.15) is 11.7 Å². The minimum Gasteiger partial charge on any atom is -0.450 e. The molecule has 1 atom stereocenters. The Morgan fingerprint density at radius 2 is 1.92 bits per heavy atom. The Bertz CT molecular complexity index is 513. The van der Waals surface area contributed by atoms with E-state index >= 15 is 0 Å². The molecule has 3 amide bonds.